The van der Waals surface area contributed by atoms with Crippen molar-refractivity contribution in [1.29, 1.82) is 0 Å². The average molecular weight is 288 g/mol. The molecule has 20 heavy (non-hydrogen) atoms. The van der Waals surface area contributed by atoms with Gasteiger partial charge < -0.3 is 10.6 Å². The lowest BCUT2D eigenvalue weighted by Gasteiger charge is -2.24. The number of nitrogens with two attached hydrogens (primary N) is 1. The number of benzene rings is 1. The van der Waals surface area contributed by atoms with Gasteiger partial charge in [0.1, 0.15) is 6.54 Å². The number of anilines is 1. The van der Waals surface area contributed by atoms with Crippen LogP contribution in [0.3, 0.4) is 0 Å². The van der Waals surface area contributed by atoms with E-state index in [4.69, 9.17) is 5.73 Å². The SMILES string of the molecule is CCCCN(CC(F)(F)F)C(=O)c1cc(C)cc(N)c1. The number of nitrogens with zero attached hydrogens (tertiary/aromatic N) is 1. The average Bonchev–Trinajstić information content (AvgIpc) is 2.31. The molecule has 0 fully saturated rings. The molecule has 0 aliphatic rings. The van der Waals surface area contributed by atoms with Crippen LogP contribution < -0.4 is 5.73 Å². The van der Waals surface area contributed by atoms with E-state index in [0.717, 1.165) is 16.9 Å². The maximum absolute atomic E-state index is 12.5. The number of aryl methyl sites for hydroxylation is 1. The van der Waals surface area contributed by atoms with Crippen molar-refractivity contribution in [3.05, 3.63) is 29.3 Å². The minimum atomic E-state index is -4.40. The fourth-order valence-corrected chi connectivity index (χ4v) is 1.94. The zero-order valence-corrected chi connectivity index (χ0v) is 11.6. The minimum Gasteiger partial charge on any atom is -0.399 e. The van der Waals surface area contributed by atoms with Crippen LogP contribution in [0.4, 0.5) is 18.9 Å². The van der Waals surface area contributed by atoms with Gasteiger partial charge in [-0.3, -0.25) is 4.79 Å². The van der Waals surface area contributed by atoms with E-state index in [-0.39, 0.29) is 12.1 Å². The van der Waals surface area contributed by atoms with Crippen molar-refractivity contribution in [3.63, 3.8) is 0 Å². The largest absolute Gasteiger partial charge is 0.406 e. The maximum Gasteiger partial charge on any atom is 0.406 e. The molecule has 112 valence electrons. The van der Waals surface area contributed by atoms with E-state index in [1.807, 2.05) is 6.92 Å². The number of amides is 1. The summed E-state index contributed by atoms with van der Waals surface area (Å²) in [5.74, 6) is -0.633. The summed E-state index contributed by atoms with van der Waals surface area (Å²) in [5.41, 5.74) is 6.95. The smallest absolute Gasteiger partial charge is 0.399 e. The van der Waals surface area contributed by atoms with E-state index >= 15 is 0 Å². The van der Waals surface area contributed by atoms with E-state index in [2.05, 4.69) is 0 Å². The van der Waals surface area contributed by atoms with Gasteiger partial charge in [0.05, 0.1) is 0 Å². The lowest BCUT2D eigenvalue weighted by atomic mass is 10.1. The summed E-state index contributed by atoms with van der Waals surface area (Å²) in [6.45, 7) is 2.45. The molecule has 0 aromatic heterocycles. The molecule has 0 aliphatic carbocycles. The molecular formula is C14H19F3N2O. The number of carbonyl (C=O) groups excluding carboxylic acids is 1. The molecule has 1 rings (SSSR count). The molecule has 3 nitrogen and oxygen atoms in total. The Morgan fingerprint density at radius 2 is 1.95 bits per heavy atom. The number of hydrogen-bond acceptors (Lipinski definition) is 2. The molecule has 0 aliphatic heterocycles. The van der Waals surface area contributed by atoms with Gasteiger partial charge in [0.15, 0.2) is 0 Å². The first-order valence-corrected chi connectivity index (χ1v) is 6.46. The molecule has 1 aromatic carbocycles. The Hall–Kier alpha value is -1.72. The van der Waals surface area contributed by atoms with Crippen LogP contribution in [0.5, 0.6) is 0 Å². The Morgan fingerprint density at radius 1 is 1.30 bits per heavy atom. The van der Waals surface area contributed by atoms with Gasteiger partial charge in [0, 0.05) is 17.8 Å². The van der Waals surface area contributed by atoms with Gasteiger partial charge in [-0.1, -0.05) is 13.3 Å². The van der Waals surface area contributed by atoms with Crippen LogP contribution in [0.25, 0.3) is 0 Å². The summed E-state index contributed by atoms with van der Waals surface area (Å²) < 4.78 is 37.6. The van der Waals surface area contributed by atoms with Crippen LogP contribution in [-0.4, -0.2) is 30.1 Å². The van der Waals surface area contributed by atoms with Crippen molar-refractivity contribution in [2.75, 3.05) is 18.8 Å². The normalized spacial score (nSPS) is 11.4. The molecule has 1 amide bonds. The van der Waals surface area contributed by atoms with Crippen molar-refractivity contribution in [1.82, 2.24) is 4.90 Å². The Balaban J connectivity index is 2.96. The summed E-state index contributed by atoms with van der Waals surface area (Å²) in [6.07, 6.45) is -3.15. The molecule has 0 heterocycles. The van der Waals surface area contributed by atoms with E-state index in [1.165, 1.54) is 6.07 Å². The summed E-state index contributed by atoms with van der Waals surface area (Å²) in [7, 11) is 0. The first-order chi connectivity index (χ1) is 9.23. The fourth-order valence-electron chi connectivity index (χ4n) is 1.94. The van der Waals surface area contributed by atoms with Crippen LogP contribution in [0.1, 0.15) is 35.7 Å². The van der Waals surface area contributed by atoms with E-state index in [9.17, 15) is 18.0 Å². The van der Waals surface area contributed by atoms with E-state index in [0.29, 0.717) is 12.1 Å². The Bertz CT molecular complexity index is 452. The highest BCUT2D eigenvalue weighted by Crippen LogP contribution is 2.20. The van der Waals surface area contributed by atoms with Crippen LogP contribution >= 0.6 is 0 Å². The molecular weight excluding hydrogens is 269 g/mol. The number of hydrogen-bond donors (Lipinski definition) is 1. The molecule has 6 heteroatoms. The lowest BCUT2D eigenvalue weighted by Crippen LogP contribution is -2.39. The van der Waals surface area contributed by atoms with Crippen LogP contribution in [0.2, 0.25) is 0 Å². The standard InChI is InChI=1S/C14H19F3N2O/c1-3-4-5-19(9-14(15,16)17)13(20)11-6-10(2)7-12(18)8-11/h6-8H,3-5,9,18H2,1-2H3. The molecule has 0 spiro atoms. The van der Waals surface area contributed by atoms with Gasteiger partial charge >= 0.3 is 6.18 Å². The third-order valence-corrected chi connectivity index (χ3v) is 2.79. The van der Waals surface area contributed by atoms with Gasteiger partial charge in [0.2, 0.25) is 0 Å². The molecule has 2 N–H and O–H groups in total. The summed E-state index contributed by atoms with van der Waals surface area (Å²) in [6, 6.07) is 4.62. The van der Waals surface area contributed by atoms with Crippen molar-refractivity contribution < 1.29 is 18.0 Å². The fraction of sp³-hybridized carbons (Fsp3) is 0.500. The third-order valence-electron chi connectivity index (χ3n) is 2.79. The van der Waals surface area contributed by atoms with E-state index in [1.54, 1.807) is 19.1 Å². The number of halogens is 3. The van der Waals surface area contributed by atoms with Crippen LogP contribution in [0.15, 0.2) is 18.2 Å². The Labute approximate surface area is 116 Å². The first kappa shape index (κ1) is 16.3. The monoisotopic (exact) mass is 288 g/mol. The molecule has 0 saturated carbocycles. The van der Waals surface area contributed by atoms with Crippen molar-refractivity contribution in [3.8, 4) is 0 Å². The molecule has 0 saturated heterocycles. The van der Waals surface area contributed by atoms with E-state index < -0.39 is 18.6 Å². The van der Waals surface area contributed by atoms with Gasteiger partial charge in [-0.2, -0.15) is 13.2 Å². The predicted octanol–water partition coefficient (Wildman–Crippen LogP) is 3.38. The Kier molecular flexibility index (Phi) is 5.42. The lowest BCUT2D eigenvalue weighted by molar-refractivity contribution is -0.140. The number of rotatable bonds is 5. The van der Waals surface area contributed by atoms with Gasteiger partial charge in [-0.25, -0.2) is 0 Å². The summed E-state index contributed by atoms with van der Waals surface area (Å²) >= 11 is 0. The zero-order valence-electron chi connectivity index (χ0n) is 11.6. The second-order valence-corrected chi connectivity index (χ2v) is 4.83. The minimum absolute atomic E-state index is 0.0860. The predicted molar refractivity (Wildman–Crippen MR) is 72.5 cm³/mol. The highest BCUT2D eigenvalue weighted by molar-refractivity contribution is 5.95. The number of alkyl halides is 3. The Morgan fingerprint density at radius 3 is 2.45 bits per heavy atom. The molecule has 0 atom stereocenters. The second kappa shape index (κ2) is 6.63. The maximum atomic E-state index is 12.5. The third kappa shape index (κ3) is 5.11. The van der Waals surface area contributed by atoms with Crippen LogP contribution in [0, 0.1) is 6.92 Å². The molecule has 0 radical (unpaired) electrons. The highest BCUT2D eigenvalue weighted by Gasteiger charge is 2.33. The second-order valence-electron chi connectivity index (χ2n) is 4.83. The number of nitrogen functional groups attached to an aromatic ring is 1. The van der Waals surface area contributed by atoms with Gasteiger partial charge in [-0.15, -0.1) is 0 Å². The molecule has 1 aromatic rings. The molecule has 0 unspecified atom stereocenters. The van der Waals surface area contributed by atoms with Crippen molar-refractivity contribution in [2.24, 2.45) is 0 Å². The van der Waals surface area contributed by atoms with Crippen molar-refractivity contribution in [2.45, 2.75) is 32.9 Å². The molecule has 0 bridgehead atoms. The highest BCUT2D eigenvalue weighted by atomic mass is 19.4. The zero-order chi connectivity index (χ0) is 15.3. The summed E-state index contributed by atoms with van der Waals surface area (Å²) in [5, 5.41) is 0. The first-order valence-electron chi connectivity index (χ1n) is 6.46. The quantitative estimate of drug-likeness (QED) is 0.844. The summed E-state index contributed by atoms with van der Waals surface area (Å²) in [4.78, 5) is 13.0. The number of unbranched alkanes of at least 4 members (excludes halogenated alkanes) is 1. The topological polar surface area (TPSA) is 46.3 Å². The van der Waals surface area contributed by atoms with Gasteiger partial charge in [0.25, 0.3) is 5.91 Å². The van der Waals surface area contributed by atoms with Gasteiger partial charge in [-0.05, 0) is 37.1 Å². The van der Waals surface area contributed by atoms with Crippen LogP contribution in [-0.2, 0) is 0 Å². The van der Waals surface area contributed by atoms with Crippen molar-refractivity contribution >= 4 is 11.6 Å². The number of carbonyl (C=O) groups is 1.